The first-order valence-electron chi connectivity index (χ1n) is 8.87. The number of aliphatic imine (C=N–C) groups is 1. The van der Waals surface area contributed by atoms with E-state index in [0.717, 1.165) is 37.8 Å². The summed E-state index contributed by atoms with van der Waals surface area (Å²) in [4.78, 5) is 25.1. The predicted molar refractivity (Wildman–Crippen MR) is 100 cm³/mol. The van der Waals surface area contributed by atoms with Gasteiger partial charge in [0.1, 0.15) is 0 Å². The van der Waals surface area contributed by atoms with Gasteiger partial charge in [0.2, 0.25) is 5.91 Å². The summed E-state index contributed by atoms with van der Waals surface area (Å²) in [6.07, 6.45) is 1.81. The first-order chi connectivity index (χ1) is 12.0. The van der Waals surface area contributed by atoms with Crippen LogP contribution in [0.1, 0.15) is 25.1 Å². The van der Waals surface area contributed by atoms with Crippen molar-refractivity contribution in [3.05, 3.63) is 29.6 Å². The topological polar surface area (TPSA) is 72.9 Å². The van der Waals surface area contributed by atoms with Crippen LogP contribution in [0.15, 0.2) is 23.3 Å². The van der Waals surface area contributed by atoms with Gasteiger partial charge in [-0.25, -0.2) is 0 Å². The van der Waals surface area contributed by atoms with E-state index in [0.29, 0.717) is 13.1 Å². The molecule has 7 heteroatoms. The number of hydrogen-bond acceptors (Lipinski definition) is 4. The molecular weight excluding hydrogens is 316 g/mol. The molecular formula is C18H30N6O. The summed E-state index contributed by atoms with van der Waals surface area (Å²) in [5.41, 5.74) is 2.21. The lowest BCUT2D eigenvalue weighted by atomic mass is 10.2. The average molecular weight is 346 g/mol. The van der Waals surface area contributed by atoms with Gasteiger partial charge in [0.15, 0.2) is 5.96 Å². The van der Waals surface area contributed by atoms with Gasteiger partial charge in [0, 0.05) is 45.5 Å². The number of carbonyl (C=O) groups is 1. The number of guanidine groups is 1. The van der Waals surface area contributed by atoms with Gasteiger partial charge in [0.25, 0.3) is 0 Å². The SMILES string of the molecule is CN=C(NCc1ncccc1C)N1CCN(CC(=O)NC(C)C)CC1. The molecule has 2 rings (SSSR count). The van der Waals surface area contributed by atoms with Gasteiger partial charge < -0.3 is 15.5 Å². The second-order valence-corrected chi connectivity index (χ2v) is 6.65. The summed E-state index contributed by atoms with van der Waals surface area (Å²) < 4.78 is 0. The molecule has 0 spiro atoms. The van der Waals surface area contributed by atoms with Crippen LogP contribution in [0.5, 0.6) is 0 Å². The van der Waals surface area contributed by atoms with Gasteiger partial charge in [-0.05, 0) is 32.4 Å². The second kappa shape index (κ2) is 9.36. The van der Waals surface area contributed by atoms with Crippen LogP contribution in [0.2, 0.25) is 0 Å². The Morgan fingerprint density at radius 3 is 2.64 bits per heavy atom. The number of amides is 1. The molecule has 0 bridgehead atoms. The Labute approximate surface area is 150 Å². The number of piperazine rings is 1. The molecule has 1 saturated heterocycles. The minimum absolute atomic E-state index is 0.0941. The van der Waals surface area contributed by atoms with Crippen molar-refractivity contribution in [2.75, 3.05) is 39.8 Å². The molecule has 7 nitrogen and oxygen atoms in total. The lowest BCUT2D eigenvalue weighted by molar-refractivity contribution is -0.123. The fraction of sp³-hybridized carbons (Fsp3) is 0.611. The largest absolute Gasteiger partial charge is 0.353 e. The van der Waals surface area contributed by atoms with E-state index in [-0.39, 0.29) is 11.9 Å². The van der Waals surface area contributed by atoms with Gasteiger partial charge in [-0.2, -0.15) is 0 Å². The maximum atomic E-state index is 11.9. The van der Waals surface area contributed by atoms with Crippen LogP contribution in [0.25, 0.3) is 0 Å². The van der Waals surface area contributed by atoms with E-state index in [1.54, 1.807) is 7.05 Å². The summed E-state index contributed by atoms with van der Waals surface area (Å²) in [6.45, 7) is 10.6. The van der Waals surface area contributed by atoms with Gasteiger partial charge in [-0.1, -0.05) is 6.07 Å². The number of nitrogens with zero attached hydrogens (tertiary/aromatic N) is 4. The first-order valence-corrected chi connectivity index (χ1v) is 8.87. The minimum atomic E-state index is 0.0941. The third-order valence-electron chi connectivity index (χ3n) is 4.23. The van der Waals surface area contributed by atoms with Crippen molar-refractivity contribution in [3.63, 3.8) is 0 Å². The van der Waals surface area contributed by atoms with Gasteiger partial charge in [-0.3, -0.25) is 19.7 Å². The monoisotopic (exact) mass is 346 g/mol. The summed E-state index contributed by atoms with van der Waals surface area (Å²) >= 11 is 0. The molecule has 0 aliphatic carbocycles. The van der Waals surface area contributed by atoms with Crippen LogP contribution >= 0.6 is 0 Å². The molecule has 0 atom stereocenters. The highest BCUT2D eigenvalue weighted by atomic mass is 16.2. The fourth-order valence-corrected chi connectivity index (χ4v) is 2.89. The Kier molecular flexibility index (Phi) is 7.18. The van der Waals surface area contributed by atoms with Crippen LogP contribution in [0.3, 0.4) is 0 Å². The summed E-state index contributed by atoms with van der Waals surface area (Å²) in [5, 5.41) is 6.34. The molecule has 0 radical (unpaired) electrons. The van der Waals surface area contributed by atoms with Gasteiger partial charge >= 0.3 is 0 Å². The fourth-order valence-electron chi connectivity index (χ4n) is 2.89. The number of pyridine rings is 1. The molecule has 1 aliphatic heterocycles. The predicted octanol–water partition coefficient (Wildman–Crippen LogP) is 0.608. The summed E-state index contributed by atoms with van der Waals surface area (Å²) in [5.74, 6) is 0.980. The molecule has 0 unspecified atom stereocenters. The van der Waals surface area contributed by atoms with E-state index >= 15 is 0 Å². The number of aromatic nitrogens is 1. The zero-order chi connectivity index (χ0) is 18.2. The van der Waals surface area contributed by atoms with E-state index in [1.807, 2.05) is 26.1 Å². The number of aryl methyl sites for hydroxylation is 1. The van der Waals surface area contributed by atoms with E-state index in [9.17, 15) is 4.79 Å². The molecule has 1 aromatic heterocycles. The minimum Gasteiger partial charge on any atom is -0.353 e. The highest BCUT2D eigenvalue weighted by Crippen LogP contribution is 2.05. The Hall–Kier alpha value is -2.15. The highest BCUT2D eigenvalue weighted by Gasteiger charge is 2.21. The van der Waals surface area contributed by atoms with Crippen molar-refractivity contribution < 1.29 is 4.79 Å². The molecule has 2 heterocycles. The lowest BCUT2D eigenvalue weighted by Crippen LogP contribution is -2.54. The second-order valence-electron chi connectivity index (χ2n) is 6.65. The summed E-state index contributed by atoms with van der Waals surface area (Å²) in [7, 11) is 1.80. The molecule has 1 aromatic rings. The van der Waals surface area contributed by atoms with Gasteiger partial charge in [0.05, 0.1) is 18.8 Å². The number of hydrogen-bond donors (Lipinski definition) is 2. The van der Waals surface area contributed by atoms with E-state index < -0.39 is 0 Å². The Bertz CT molecular complexity index is 593. The molecule has 138 valence electrons. The molecule has 1 fully saturated rings. The third kappa shape index (κ3) is 6.01. The zero-order valence-corrected chi connectivity index (χ0v) is 15.7. The van der Waals surface area contributed by atoms with Crippen LogP contribution in [-0.4, -0.2) is 72.5 Å². The average Bonchev–Trinajstić information content (AvgIpc) is 2.57. The van der Waals surface area contributed by atoms with E-state index in [1.165, 1.54) is 5.56 Å². The standard InChI is InChI=1S/C18H30N6O/c1-14(2)22-17(25)13-23-8-10-24(11-9-23)18(19-4)21-12-16-15(3)6-5-7-20-16/h5-7,14H,8-13H2,1-4H3,(H,19,21)(H,22,25). The molecule has 0 aromatic carbocycles. The van der Waals surface area contributed by atoms with Crippen LogP contribution in [0, 0.1) is 6.92 Å². The van der Waals surface area contributed by atoms with Crippen molar-refractivity contribution in [1.29, 1.82) is 0 Å². The third-order valence-corrected chi connectivity index (χ3v) is 4.23. The Morgan fingerprint density at radius 1 is 1.32 bits per heavy atom. The zero-order valence-electron chi connectivity index (χ0n) is 15.7. The molecule has 25 heavy (non-hydrogen) atoms. The van der Waals surface area contributed by atoms with Gasteiger partial charge in [-0.15, -0.1) is 0 Å². The number of carbonyl (C=O) groups excluding carboxylic acids is 1. The first kappa shape index (κ1) is 19.2. The van der Waals surface area contributed by atoms with Crippen LogP contribution in [0.4, 0.5) is 0 Å². The Balaban J connectivity index is 1.80. The van der Waals surface area contributed by atoms with Crippen molar-refractivity contribution >= 4 is 11.9 Å². The van der Waals surface area contributed by atoms with Crippen molar-refractivity contribution in [3.8, 4) is 0 Å². The maximum Gasteiger partial charge on any atom is 0.234 e. The highest BCUT2D eigenvalue weighted by molar-refractivity contribution is 5.80. The van der Waals surface area contributed by atoms with E-state index in [4.69, 9.17) is 0 Å². The molecule has 0 saturated carbocycles. The van der Waals surface area contributed by atoms with Crippen LogP contribution < -0.4 is 10.6 Å². The maximum absolute atomic E-state index is 11.9. The summed E-state index contributed by atoms with van der Waals surface area (Å²) in [6, 6.07) is 4.20. The quantitative estimate of drug-likeness (QED) is 0.604. The number of nitrogens with one attached hydrogen (secondary N) is 2. The van der Waals surface area contributed by atoms with Crippen molar-refractivity contribution in [1.82, 2.24) is 25.4 Å². The number of rotatable bonds is 5. The van der Waals surface area contributed by atoms with Crippen LogP contribution in [-0.2, 0) is 11.3 Å². The molecule has 1 aliphatic rings. The molecule has 2 N–H and O–H groups in total. The van der Waals surface area contributed by atoms with E-state index in [2.05, 4.69) is 43.4 Å². The van der Waals surface area contributed by atoms with Crippen molar-refractivity contribution in [2.24, 2.45) is 4.99 Å². The molecule has 1 amide bonds. The Morgan fingerprint density at radius 2 is 2.04 bits per heavy atom. The lowest BCUT2D eigenvalue weighted by Gasteiger charge is -2.36. The smallest absolute Gasteiger partial charge is 0.234 e. The normalized spacial score (nSPS) is 16.2. The van der Waals surface area contributed by atoms with Crippen molar-refractivity contribution in [2.45, 2.75) is 33.4 Å².